The van der Waals surface area contributed by atoms with Gasteiger partial charge in [-0.3, -0.25) is 0 Å². The van der Waals surface area contributed by atoms with Gasteiger partial charge in [0, 0.05) is 6.20 Å². The minimum absolute atomic E-state index is 0.415. The number of nitrogens with two attached hydrogens (primary N) is 1. The smallest absolute Gasteiger partial charge is 0.115 e. The lowest BCUT2D eigenvalue weighted by atomic mass is 10.0. The predicted molar refractivity (Wildman–Crippen MR) is 46.9 cm³/mol. The zero-order valence-corrected chi connectivity index (χ0v) is 8.09. The van der Waals surface area contributed by atoms with Gasteiger partial charge in [-0.1, -0.05) is 0 Å². The first-order valence-corrected chi connectivity index (χ1v) is 4.06. The van der Waals surface area contributed by atoms with Crippen LogP contribution in [0.4, 0.5) is 0 Å². The summed E-state index contributed by atoms with van der Waals surface area (Å²) in [6, 6.07) is 0. The molecular weight excluding hydrogens is 206 g/mol. The highest BCUT2D eigenvalue weighted by atomic mass is 79.9. The monoisotopic (exact) mass is 215 g/mol. The zero-order valence-electron chi connectivity index (χ0n) is 6.50. The highest BCUT2D eigenvalue weighted by Gasteiger charge is 2.18. The van der Waals surface area contributed by atoms with Gasteiger partial charge < -0.3 is 5.73 Å². The molecule has 1 aromatic rings. The summed E-state index contributed by atoms with van der Waals surface area (Å²) in [4.78, 5) is 7.91. The van der Waals surface area contributed by atoms with Gasteiger partial charge in [0.15, 0.2) is 0 Å². The van der Waals surface area contributed by atoms with Crippen molar-refractivity contribution in [2.24, 2.45) is 5.73 Å². The average Bonchev–Trinajstić information content (AvgIpc) is 1.86. The molecule has 0 spiro atoms. The summed E-state index contributed by atoms with van der Waals surface area (Å²) in [5.41, 5.74) is 6.25. The van der Waals surface area contributed by atoms with E-state index in [2.05, 4.69) is 25.9 Å². The maximum atomic E-state index is 5.84. The van der Waals surface area contributed by atoms with Crippen LogP contribution in [0.15, 0.2) is 17.0 Å². The summed E-state index contributed by atoms with van der Waals surface area (Å²) in [6.45, 7) is 3.81. The van der Waals surface area contributed by atoms with Crippen molar-refractivity contribution in [2.75, 3.05) is 0 Å². The van der Waals surface area contributed by atoms with Gasteiger partial charge in [0.05, 0.1) is 15.7 Å². The van der Waals surface area contributed by atoms with Gasteiger partial charge in [0.25, 0.3) is 0 Å². The molecule has 0 radical (unpaired) electrons. The van der Waals surface area contributed by atoms with Crippen molar-refractivity contribution < 1.29 is 0 Å². The van der Waals surface area contributed by atoms with Crippen molar-refractivity contribution in [1.82, 2.24) is 9.97 Å². The van der Waals surface area contributed by atoms with Crippen molar-refractivity contribution in [1.29, 1.82) is 0 Å². The second-order valence-electron chi connectivity index (χ2n) is 2.94. The van der Waals surface area contributed by atoms with Crippen LogP contribution < -0.4 is 5.73 Å². The Hall–Kier alpha value is -0.480. The molecule has 1 heterocycles. The fraction of sp³-hybridized carbons (Fsp3) is 0.429. The third-order valence-corrected chi connectivity index (χ3v) is 1.86. The molecular formula is C7H10BrN3. The second kappa shape index (κ2) is 2.87. The van der Waals surface area contributed by atoms with E-state index in [0.717, 1.165) is 10.2 Å². The molecule has 0 saturated carbocycles. The number of hydrogen-bond acceptors (Lipinski definition) is 3. The molecule has 3 nitrogen and oxygen atoms in total. The first-order valence-electron chi connectivity index (χ1n) is 3.26. The molecule has 11 heavy (non-hydrogen) atoms. The minimum Gasteiger partial charge on any atom is -0.321 e. The summed E-state index contributed by atoms with van der Waals surface area (Å²) in [5, 5.41) is 0. The molecule has 0 bridgehead atoms. The average molecular weight is 216 g/mol. The van der Waals surface area contributed by atoms with Crippen LogP contribution in [0.5, 0.6) is 0 Å². The SMILES string of the molecule is CC(C)(N)c1ncncc1Br. The largest absolute Gasteiger partial charge is 0.321 e. The van der Waals surface area contributed by atoms with Crippen molar-refractivity contribution in [3.63, 3.8) is 0 Å². The first-order chi connectivity index (χ1) is 5.02. The molecule has 4 heteroatoms. The standard InChI is InChI=1S/C7H10BrN3/c1-7(2,9)6-5(8)3-10-4-11-6/h3-4H,9H2,1-2H3. The Morgan fingerprint density at radius 2 is 2.18 bits per heavy atom. The maximum Gasteiger partial charge on any atom is 0.115 e. The molecule has 2 N–H and O–H groups in total. The highest BCUT2D eigenvalue weighted by Crippen LogP contribution is 2.21. The third-order valence-electron chi connectivity index (χ3n) is 1.28. The van der Waals surface area contributed by atoms with Crippen LogP contribution in [0.3, 0.4) is 0 Å². The highest BCUT2D eigenvalue weighted by molar-refractivity contribution is 9.10. The van der Waals surface area contributed by atoms with E-state index >= 15 is 0 Å². The Bertz CT molecular complexity index is 254. The Morgan fingerprint density at radius 1 is 1.55 bits per heavy atom. The van der Waals surface area contributed by atoms with Crippen molar-refractivity contribution in [3.8, 4) is 0 Å². The van der Waals surface area contributed by atoms with Gasteiger partial charge in [0.1, 0.15) is 6.33 Å². The number of hydrogen-bond donors (Lipinski definition) is 1. The molecule has 0 aliphatic rings. The summed E-state index contributed by atoms with van der Waals surface area (Å²) < 4.78 is 0.854. The van der Waals surface area contributed by atoms with Gasteiger partial charge in [-0.15, -0.1) is 0 Å². The number of halogens is 1. The number of aromatic nitrogens is 2. The fourth-order valence-corrected chi connectivity index (χ4v) is 1.52. The quantitative estimate of drug-likeness (QED) is 0.772. The summed E-state index contributed by atoms with van der Waals surface area (Å²) in [6.07, 6.45) is 3.19. The van der Waals surface area contributed by atoms with Gasteiger partial charge >= 0.3 is 0 Å². The lowest BCUT2D eigenvalue weighted by Gasteiger charge is -2.18. The van der Waals surface area contributed by atoms with Gasteiger partial charge in [0.2, 0.25) is 0 Å². The molecule has 0 aromatic carbocycles. The Balaban J connectivity index is 3.14. The van der Waals surface area contributed by atoms with Gasteiger partial charge in [-0.2, -0.15) is 0 Å². The molecule has 0 atom stereocenters. The topological polar surface area (TPSA) is 51.8 Å². The molecule has 0 saturated heterocycles. The van der Waals surface area contributed by atoms with Gasteiger partial charge in [-0.05, 0) is 29.8 Å². The lowest BCUT2D eigenvalue weighted by Crippen LogP contribution is -2.30. The number of rotatable bonds is 1. The Morgan fingerprint density at radius 3 is 2.55 bits per heavy atom. The van der Waals surface area contributed by atoms with Crippen LogP contribution in [0, 0.1) is 0 Å². The Kier molecular flexibility index (Phi) is 2.25. The predicted octanol–water partition coefficient (Wildman–Crippen LogP) is 1.43. The molecule has 0 fully saturated rings. The Labute approximate surface area is 74.2 Å². The van der Waals surface area contributed by atoms with Crippen molar-refractivity contribution in [3.05, 3.63) is 22.7 Å². The molecule has 1 rings (SSSR count). The first kappa shape index (κ1) is 8.62. The summed E-state index contributed by atoms with van der Waals surface area (Å²) >= 11 is 3.33. The van der Waals surface area contributed by atoms with E-state index in [-0.39, 0.29) is 0 Å². The molecule has 0 amide bonds. The molecule has 0 aliphatic carbocycles. The van der Waals surface area contributed by atoms with E-state index in [1.54, 1.807) is 6.20 Å². The summed E-state index contributed by atoms with van der Waals surface area (Å²) in [5.74, 6) is 0. The van der Waals surface area contributed by atoms with Crippen molar-refractivity contribution >= 4 is 15.9 Å². The zero-order chi connectivity index (χ0) is 8.48. The molecule has 60 valence electrons. The van der Waals surface area contributed by atoms with Crippen LogP contribution in [-0.4, -0.2) is 9.97 Å². The van der Waals surface area contributed by atoms with E-state index in [1.807, 2.05) is 13.8 Å². The van der Waals surface area contributed by atoms with Crippen LogP contribution in [0.2, 0.25) is 0 Å². The maximum absolute atomic E-state index is 5.84. The molecule has 0 aliphatic heterocycles. The fourth-order valence-electron chi connectivity index (χ4n) is 0.787. The normalized spacial score (nSPS) is 11.6. The summed E-state index contributed by atoms with van der Waals surface area (Å²) in [7, 11) is 0. The van der Waals surface area contributed by atoms with E-state index in [1.165, 1.54) is 6.33 Å². The van der Waals surface area contributed by atoms with E-state index in [4.69, 9.17) is 5.73 Å². The van der Waals surface area contributed by atoms with E-state index in [9.17, 15) is 0 Å². The van der Waals surface area contributed by atoms with E-state index < -0.39 is 5.54 Å². The van der Waals surface area contributed by atoms with Crippen molar-refractivity contribution in [2.45, 2.75) is 19.4 Å². The van der Waals surface area contributed by atoms with Crippen LogP contribution in [0.1, 0.15) is 19.5 Å². The van der Waals surface area contributed by atoms with Gasteiger partial charge in [-0.25, -0.2) is 9.97 Å². The van der Waals surface area contributed by atoms with Crippen LogP contribution in [0.25, 0.3) is 0 Å². The lowest BCUT2D eigenvalue weighted by molar-refractivity contribution is 0.530. The minimum atomic E-state index is -0.415. The number of nitrogens with zero attached hydrogens (tertiary/aromatic N) is 2. The van der Waals surface area contributed by atoms with Crippen LogP contribution >= 0.6 is 15.9 Å². The second-order valence-corrected chi connectivity index (χ2v) is 3.80. The van der Waals surface area contributed by atoms with Crippen LogP contribution in [-0.2, 0) is 5.54 Å². The molecule has 0 unspecified atom stereocenters. The van der Waals surface area contributed by atoms with E-state index in [0.29, 0.717) is 0 Å². The molecule has 1 aromatic heterocycles. The third kappa shape index (κ3) is 1.97.